The number of halogens is 2. The monoisotopic (exact) mass is 287 g/mol. The maximum absolute atomic E-state index is 12.9. The predicted octanol–water partition coefficient (Wildman–Crippen LogP) is 3.05. The zero-order valence-electron chi connectivity index (χ0n) is 7.58. The third kappa shape index (κ3) is 2.73. The van der Waals surface area contributed by atoms with Gasteiger partial charge in [0.1, 0.15) is 5.82 Å². The summed E-state index contributed by atoms with van der Waals surface area (Å²) in [5, 5.41) is 8.88. The highest BCUT2D eigenvalue weighted by Crippen LogP contribution is 2.20. The lowest BCUT2D eigenvalue weighted by atomic mass is 10.3. The van der Waals surface area contributed by atoms with Crippen LogP contribution in [-0.2, 0) is 6.54 Å². The third-order valence-corrected chi connectivity index (χ3v) is 2.96. The quantitative estimate of drug-likeness (QED) is 0.943. The van der Waals surface area contributed by atoms with Gasteiger partial charge in [0.05, 0.1) is 16.7 Å². The Morgan fingerprint density at radius 3 is 3.00 bits per heavy atom. The lowest BCUT2D eigenvalue weighted by Gasteiger charge is -2.04. The molecule has 0 fully saturated rings. The van der Waals surface area contributed by atoms with Gasteiger partial charge in [-0.05, 0) is 45.7 Å². The highest BCUT2D eigenvalue weighted by molar-refractivity contribution is 9.10. The second-order valence-corrected chi connectivity index (χ2v) is 4.34. The molecule has 0 aliphatic rings. The van der Waals surface area contributed by atoms with Crippen molar-refractivity contribution in [2.24, 2.45) is 0 Å². The van der Waals surface area contributed by atoms with Gasteiger partial charge in [0.2, 0.25) is 0 Å². The molecule has 0 spiro atoms. The zero-order chi connectivity index (χ0) is 10.7. The number of rotatable bonds is 3. The van der Waals surface area contributed by atoms with Crippen LogP contribution in [0.3, 0.4) is 0 Å². The maximum Gasteiger partial charge on any atom is 0.137 e. The van der Waals surface area contributed by atoms with Crippen molar-refractivity contribution >= 4 is 33.1 Å². The highest BCUT2D eigenvalue weighted by atomic mass is 79.9. The molecule has 3 nitrogen and oxygen atoms in total. The summed E-state index contributed by atoms with van der Waals surface area (Å²) in [5.41, 5.74) is 1.72. The van der Waals surface area contributed by atoms with Crippen LogP contribution in [0.4, 0.5) is 10.1 Å². The molecule has 0 atom stereocenters. The molecule has 6 heteroatoms. The molecule has 0 saturated heterocycles. The van der Waals surface area contributed by atoms with E-state index in [9.17, 15) is 4.39 Å². The molecule has 0 bridgehead atoms. The summed E-state index contributed by atoms with van der Waals surface area (Å²) >= 11 is 4.43. The summed E-state index contributed by atoms with van der Waals surface area (Å²) in [6, 6.07) is 4.78. The number of benzene rings is 1. The van der Waals surface area contributed by atoms with Crippen molar-refractivity contribution in [2.75, 3.05) is 5.32 Å². The molecule has 1 N–H and O–H groups in total. The Balaban J connectivity index is 2.02. The van der Waals surface area contributed by atoms with Gasteiger partial charge in [-0.3, -0.25) is 0 Å². The molecule has 1 aromatic carbocycles. The molecule has 0 saturated carbocycles. The Morgan fingerprint density at radius 2 is 2.33 bits per heavy atom. The molecule has 0 radical (unpaired) electrons. The van der Waals surface area contributed by atoms with Gasteiger partial charge in [-0.2, -0.15) is 0 Å². The zero-order valence-corrected chi connectivity index (χ0v) is 9.98. The van der Waals surface area contributed by atoms with Crippen molar-refractivity contribution in [1.29, 1.82) is 0 Å². The van der Waals surface area contributed by atoms with Crippen LogP contribution in [0.15, 0.2) is 28.1 Å². The Kier molecular flexibility index (Phi) is 3.27. The van der Waals surface area contributed by atoms with E-state index in [0.29, 0.717) is 11.0 Å². The minimum atomic E-state index is -0.268. The minimum Gasteiger partial charge on any atom is -0.379 e. The van der Waals surface area contributed by atoms with Gasteiger partial charge in [0.25, 0.3) is 0 Å². The van der Waals surface area contributed by atoms with E-state index in [-0.39, 0.29) is 5.82 Å². The molecule has 15 heavy (non-hydrogen) atoms. The van der Waals surface area contributed by atoms with Gasteiger partial charge < -0.3 is 5.32 Å². The van der Waals surface area contributed by atoms with Crippen LogP contribution < -0.4 is 5.32 Å². The Hall–Kier alpha value is -1.01. The summed E-state index contributed by atoms with van der Waals surface area (Å²) in [6.07, 6.45) is 0. The first-order valence-electron chi connectivity index (χ1n) is 4.20. The molecule has 2 aromatic rings. The van der Waals surface area contributed by atoms with E-state index in [1.165, 1.54) is 17.6 Å². The Labute approximate surface area is 98.6 Å². The van der Waals surface area contributed by atoms with Gasteiger partial charge in [0.15, 0.2) is 0 Å². The fourth-order valence-electron chi connectivity index (χ4n) is 1.06. The van der Waals surface area contributed by atoms with Gasteiger partial charge in [-0.15, -0.1) is 5.10 Å². The van der Waals surface area contributed by atoms with E-state index in [0.717, 1.165) is 11.4 Å². The minimum absolute atomic E-state index is 0.268. The van der Waals surface area contributed by atoms with Gasteiger partial charge >= 0.3 is 0 Å². The first-order valence-corrected chi connectivity index (χ1v) is 5.83. The highest BCUT2D eigenvalue weighted by Gasteiger charge is 2.01. The topological polar surface area (TPSA) is 37.8 Å². The Morgan fingerprint density at radius 1 is 1.47 bits per heavy atom. The molecule has 0 aliphatic heterocycles. The van der Waals surface area contributed by atoms with Crippen molar-refractivity contribution in [2.45, 2.75) is 6.54 Å². The van der Waals surface area contributed by atoms with Crippen molar-refractivity contribution in [3.63, 3.8) is 0 Å². The average Bonchev–Trinajstić information content (AvgIpc) is 2.73. The van der Waals surface area contributed by atoms with E-state index >= 15 is 0 Å². The number of hydrogen-bond acceptors (Lipinski definition) is 4. The predicted molar refractivity (Wildman–Crippen MR) is 61.3 cm³/mol. The van der Waals surface area contributed by atoms with Crippen molar-refractivity contribution in [3.05, 3.63) is 39.6 Å². The van der Waals surface area contributed by atoms with E-state index in [1.54, 1.807) is 12.1 Å². The molecule has 2 rings (SSSR count). The van der Waals surface area contributed by atoms with Crippen molar-refractivity contribution < 1.29 is 4.39 Å². The van der Waals surface area contributed by atoms with E-state index in [2.05, 4.69) is 30.8 Å². The van der Waals surface area contributed by atoms with Crippen LogP contribution in [0, 0.1) is 5.82 Å². The van der Waals surface area contributed by atoms with Crippen LogP contribution >= 0.6 is 27.5 Å². The summed E-state index contributed by atoms with van der Waals surface area (Å²) < 4.78 is 17.1. The first kappa shape index (κ1) is 10.5. The second kappa shape index (κ2) is 4.67. The standard InChI is InChI=1S/C9H7BrFN3S/c10-8-3-6(1-2-9(8)11)12-4-7-5-15-14-13-7/h1-3,5,12H,4H2. The number of aromatic nitrogens is 2. The lowest BCUT2D eigenvalue weighted by Crippen LogP contribution is -1.99. The van der Waals surface area contributed by atoms with E-state index < -0.39 is 0 Å². The third-order valence-electron chi connectivity index (χ3n) is 1.80. The van der Waals surface area contributed by atoms with Crippen LogP contribution in [0.5, 0.6) is 0 Å². The number of hydrogen-bond donors (Lipinski definition) is 1. The Bertz CT molecular complexity index is 447. The van der Waals surface area contributed by atoms with Crippen molar-refractivity contribution in [3.8, 4) is 0 Å². The molecule has 0 unspecified atom stereocenters. The molecule has 1 heterocycles. The fraction of sp³-hybridized carbons (Fsp3) is 0.111. The fourth-order valence-corrected chi connectivity index (χ4v) is 1.89. The summed E-state index contributed by atoms with van der Waals surface area (Å²) in [4.78, 5) is 0. The number of anilines is 1. The van der Waals surface area contributed by atoms with Crippen LogP contribution in [-0.4, -0.2) is 9.59 Å². The first-order chi connectivity index (χ1) is 7.25. The normalized spacial score (nSPS) is 10.3. The van der Waals surface area contributed by atoms with Crippen LogP contribution in [0.25, 0.3) is 0 Å². The van der Waals surface area contributed by atoms with Crippen LogP contribution in [0.2, 0.25) is 0 Å². The largest absolute Gasteiger partial charge is 0.379 e. The number of nitrogens with zero attached hydrogens (tertiary/aromatic N) is 2. The summed E-state index contributed by atoms with van der Waals surface area (Å²) in [7, 11) is 0. The summed E-state index contributed by atoms with van der Waals surface area (Å²) in [5.74, 6) is -0.268. The molecule has 1 aromatic heterocycles. The molecule has 0 amide bonds. The van der Waals surface area contributed by atoms with Crippen LogP contribution in [0.1, 0.15) is 5.69 Å². The smallest absolute Gasteiger partial charge is 0.137 e. The maximum atomic E-state index is 12.9. The summed E-state index contributed by atoms with van der Waals surface area (Å²) in [6.45, 7) is 0.592. The molecule has 78 valence electrons. The molecule has 0 aliphatic carbocycles. The number of nitrogens with one attached hydrogen (secondary N) is 1. The lowest BCUT2D eigenvalue weighted by molar-refractivity contribution is 0.621. The average molecular weight is 288 g/mol. The van der Waals surface area contributed by atoms with Gasteiger partial charge in [-0.1, -0.05) is 4.49 Å². The second-order valence-electron chi connectivity index (χ2n) is 2.88. The van der Waals surface area contributed by atoms with E-state index in [4.69, 9.17) is 0 Å². The SMILES string of the molecule is Fc1ccc(NCc2csnn2)cc1Br. The van der Waals surface area contributed by atoms with Gasteiger partial charge in [-0.25, -0.2) is 4.39 Å². The van der Waals surface area contributed by atoms with E-state index in [1.807, 2.05) is 5.38 Å². The van der Waals surface area contributed by atoms with Gasteiger partial charge in [0, 0.05) is 11.1 Å². The van der Waals surface area contributed by atoms with Crippen molar-refractivity contribution in [1.82, 2.24) is 9.59 Å². The molecular formula is C9H7BrFN3S. The molecular weight excluding hydrogens is 281 g/mol.